The van der Waals surface area contributed by atoms with Crippen LogP contribution in [0, 0.1) is 17.7 Å². The van der Waals surface area contributed by atoms with Crippen LogP contribution >= 0.6 is 0 Å². The topological polar surface area (TPSA) is 66.6 Å². The van der Waals surface area contributed by atoms with Crippen molar-refractivity contribution >= 4 is 5.91 Å². The van der Waals surface area contributed by atoms with E-state index in [1.807, 2.05) is 6.92 Å². The van der Waals surface area contributed by atoms with Crippen molar-refractivity contribution in [3.05, 3.63) is 35.1 Å². The summed E-state index contributed by atoms with van der Waals surface area (Å²) in [4.78, 5) is 12.7. The normalized spacial score (nSPS) is 10.1. The van der Waals surface area contributed by atoms with Gasteiger partial charge in [0.05, 0.1) is 6.54 Å². The fraction of sp³-hybridized carbons (Fsp3) is 0.357. The third kappa shape index (κ3) is 5.51. The first-order chi connectivity index (χ1) is 9.05. The molecule has 1 rings (SSSR count). The first kappa shape index (κ1) is 15.2. The second kappa shape index (κ2) is 7.52. The molecule has 1 amide bonds. The molecule has 0 bridgehead atoms. The monoisotopic (exact) mass is 264 g/mol. The van der Waals surface area contributed by atoms with Gasteiger partial charge in [0.25, 0.3) is 0 Å². The van der Waals surface area contributed by atoms with Crippen molar-refractivity contribution in [2.45, 2.75) is 13.5 Å². The van der Waals surface area contributed by atoms with Crippen LogP contribution in [0.1, 0.15) is 18.1 Å². The van der Waals surface area contributed by atoms with E-state index in [0.29, 0.717) is 24.2 Å². The van der Waals surface area contributed by atoms with Crippen LogP contribution in [0.4, 0.5) is 4.39 Å². The van der Waals surface area contributed by atoms with Gasteiger partial charge in [0.1, 0.15) is 12.4 Å². The summed E-state index contributed by atoms with van der Waals surface area (Å²) in [6.45, 7) is 2.82. The van der Waals surface area contributed by atoms with E-state index in [9.17, 15) is 9.18 Å². The van der Waals surface area contributed by atoms with E-state index in [1.54, 1.807) is 11.0 Å². The van der Waals surface area contributed by atoms with Crippen LogP contribution in [0.25, 0.3) is 0 Å². The van der Waals surface area contributed by atoms with E-state index in [2.05, 4.69) is 11.8 Å². The van der Waals surface area contributed by atoms with Crippen LogP contribution in [-0.2, 0) is 11.3 Å². The van der Waals surface area contributed by atoms with E-state index >= 15 is 0 Å². The Balaban J connectivity index is 2.87. The van der Waals surface area contributed by atoms with Crippen LogP contribution in [0.5, 0.6) is 0 Å². The van der Waals surface area contributed by atoms with E-state index in [4.69, 9.17) is 10.8 Å². The van der Waals surface area contributed by atoms with Gasteiger partial charge in [0.15, 0.2) is 0 Å². The molecule has 0 spiro atoms. The largest absolute Gasteiger partial charge is 0.384 e. The van der Waals surface area contributed by atoms with Crippen molar-refractivity contribution < 1.29 is 14.3 Å². The number of aliphatic hydroxyl groups is 1. The number of likely N-dealkylation sites (N-methyl/N-ethyl adjacent to an activating group) is 1. The first-order valence-electron chi connectivity index (χ1n) is 5.95. The Bertz CT molecular complexity index is 506. The Morgan fingerprint density at radius 3 is 2.79 bits per heavy atom. The SMILES string of the molecule is CCN(CC(N)=O)Cc1cc(F)cc(C#CCO)c1. The van der Waals surface area contributed by atoms with Crippen LogP contribution in [-0.4, -0.2) is 35.6 Å². The maximum atomic E-state index is 13.4. The molecular weight excluding hydrogens is 247 g/mol. The second-order valence-electron chi connectivity index (χ2n) is 4.08. The van der Waals surface area contributed by atoms with Gasteiger partial charge in [0, 0.05) is 12.1 Å². The highest BCUT2D eigenvalue weighted by Gasteiger charge is 2.08. The van der Waals surface area contributed by atoms with Crippen molar-refractivity contribution in [2.24, 2.45) is 5.73 Å². The van der Waals surface area contributed by atoms with E-state index in [1.165, 1.54) is 12.1 Å². The van der Waals surface area contributed by atoms with Gasteiger partial charge in [-0.2, -0.15) is 0 Å². The highest BCUT2D eigenvalue weighted by atomic mass is 19.1. The van der Waals surface area contributed by atoms with Crippen molar-refractivity contribution in [2.75, 3.05) is 19.7 Å². The highest BCUT2D eigenvalue weighted by Crippen LogP contribution is 2.11. The van der Waals surface area contributed by atoms with Gasteiger partial charge in [-0.1, -0.05) is 18.8 Å². The lowest BCUT2D eigenvalue weighted by molar-refractivity contribution is -0.119. The number of halogens is 1. The lowest BCUT2D eigenvalue weighted by Gasteiger charge is -2.18. The molecule has 0 saturated heterocycles. The van der Waals surface area contributed by atoms with Crippen LogP contribution in [0.2, 0.25) is 0 Å². The number of hydrogen-bond acceptors (Lipinski definition) is 3. The predicted molar refractivity (Wildman–Crippen MR) is 70.5 cm³/mol. The Morgan fingerprint density at radius 1 is 1.47 bits per heavy atom. The molecule has 0 radical (unpaired) electrons. The smallest absolute Gasteiger partial charge is 0.231 e. The standard InChI is InChI=1S/C14H17FN2O2/c1-2-17(10-14(16)19)9-12-6-11(4-3-5-18)7-13(15)8-12/h6-8,18H,2,5,9-10H2,1H3,(H2,16,19). The molecule has 0 unspecified atom stereocenters. The molecule has 3 N–H and O–H groups in total. The second-order valence-corrected chi connectivity index (χ2v) is 4.08. The minimum atomic E-state index is -0.418. The number of carbonyl (C=O) groups excluding carboxylic acids is 1. The summed E-state index contributed by atoms with van der Waals surface area (Å²) in [6, 6.07) is 4.43. The van der Waals surface area contributed by atoms with E-state index < -0.39 is 11.7 Å². The molecule has 0 heterocycles. The Kier molecular flexibility index (Phi) is 6.00. The third-order valence-electron chi connectivity index (χ3n) is 2.50. The van der Waals surface area contributed by atoms with Crippen molar-refractivity contribution in [3.63, 3.8) is 0 Å². The molecule has 5 heteroatoms. The van der Waals surface area contributed by atoms with Gasteiger partial charge in [-0.05, 0) is 30.3 Å². The molecule has 0 saturated carbocycles. The summed E-state index contributed by atoms with van der Waals surface area (Å²) in [5.74, 6) is 4.32. The summed E-state index contributed by atoms with van der Waals surface area (Å²) in [5.41, 5.74) is 6.36. The van der Waals surface area contributed by atoms with Crippen LogP contribution in [0.3, 0.4) is 0 Å². The molecule has 0 aliphatic rings. The van der Waals surface area contributed by atoms with Crippen molar-refractivity contribution in [1.82, 2.24) is 4.90 Å². The van der Waals surface area contributed by atoms with Gasteiger partial charge in [0.2, 0.25) is 5.91 Å². The zero-order valence-corrected chi connectivity index (χ0v) is 10.8. The van der Waals surface area contributed by atoms with E-state index in [-0.39, 0.29) is 13.2 Å². The molecule has 0 aliphatic heterocycles. The molecule has 1 aromatic carbocycles. The Morgan fingerprint density at radius 2 is 2.21 bits per heavy atom. The lowest BCUT2D eigenvalue weighted by Crippen LogP contribution is -2.33. The zero-order chi connectivity index (χ0) is 14.3. The summed E-state index contributed by atoms with van der Waals surface area (Å²) in [5, 5.41) is 8.62. The minimum absolute atomic E-state index is 0.130. The average molecular weight is 264 g/mol. The summed E-state index contributed by atoms with van der Waals surface area (Å²) >= 11 is 0. The summed E-state index contributed by atoms with van der Waals surface area (Å²) < 4.78 is 13.4. The summed E-state index contributed by atoms with van der Waals surface area (Å²) in [7, 11) is 0. The predicted octanol–water partition coefficient (Wildman–Crippen LogP) is 0.477. The first-order valence-corrected chi connectivity index (χ1v) is 5.95. The molecule has 19 heavy (non-hydrogen) atoms. The fourth-order valence-corrected chi connectivity index (χ4v) is 1.71. The molecular formula is C14H17FN2O2. The van der Waals surface area contributed by atoms with Gasteiger partial charge in [-0.15, -0.1) is 0 Å². The van der Waals surface area contributed by atoms with Gasteiger partial charge < -0.3 is 10.8 Å². The van der Waals surface area contributed by atoms with Crippen LogP contribution in [0.15, 0.2) is 18.2 Å². The number of aliphatic hydroxyl groups excluding tert-OH is 1. The number of primary amides is 1. The molecule has 4 nitrogen and oxygen atoms in total. The third-order valence-corrected chi connectivity index (χ3v) is 2.50. The maximum absolute atomic E-state index is 13.4. The zero-order valence-electron chi connectivity index (χ0n) is 10.8. The van der Waals surface area contributed by atoms with Gasteiger partial charge in [-0.3, -0.25) is 9.69 Å². The number of amides is 1. The Hall–Kier alpha value is -1.90. The molecule has 0 atom stereocenters. The molecule has 0 aromatic heterocycles. The fourth-order valence-electron chi connectivity index (χ4n) is 1.71. The van der Waals surface area contributed by atoms with Gasteiger partial charge in [-0.25, -0.2) is 4.39 Å². The number of carbonyl (C=O) groups is 1. The Labute approximate surface area is 112 Å². The van der Waals surface area contributed by atoms with Crippen LogP contribution < -0.4 is 5.73 Å². The van der Waals surface area contributed by atoms with E-state index in [0.717, 1.165) is 0 Å². The lowest BCUT2D eigenvalue weighted by atomic mass is 10.1. The molecule has 102 valence electrons. The molecule has 0 fully saturated rings. The van der Waals surface area contributed by atoms with Crippen molar-refractivity contribution in [1.29, 1.82) is 0 Å². The average Bonchev–Trinajstić information content (AvgIpc) is 2.34. The quantitative estimate of drug-likeness (QED) is 0.760. The maximum Gasteiger partial charge on any atom is 0.231 e. The number of nitrogens with zero attached hydrogens (tertiary/aromatic N) is 1. The number of nitrogens with two attached hydrogens (primary N) is 1. The van der Waals surface area contributed by atoms with Crippen molar-refractivity contribution in [3.8, 4) is 11.8 Å². The number of hydrogen-bond donors (Lipinski definition) is 2. The minimum Gasteiger partial charge on any atom is -0.384 e. The summed E-state index contributed by atoms with van der Waals surface area (Å²) in [6.07, 6.45) is 0. The van der Waals surface area contributed by atoms with Gasteiger partial charge >= 0.3 is 0 Å². The molecule has 0 aliphatic carbocycles. The highest BCUT2D eigenvalue weighted by molar-refractivity contribution is 5.75. The number of rotatable bonds is 5. The molecule has 1 aromatic rings. The number of benzene rings is 1.